The second kappa shape index (κ2) is 6.88. The Bertz CT molecular complexity index is 1180. The molecular weight excluding hydrogens is 378 g/mol. The van der Waals surface area contributed by atoms with E-state index in [1.165, 1.54) is 12.8 Å². The lowest BCUT2D eigenvalue weighted by Gasteiger charge is -2.33. The molecule has 1 atom stereocenters. The Morgan fingerprint density at radius 3 is 2.77 bits per heavy atom. The van der Waals surface area contributed by atoms with Gasteiger partial charge in [-0.1, -0.05) is 6.07 Å². The largest absolute Gasteiger partial charge is 0.345 e. The number of aromatic amines is 1. The van der Waals surface area contributed by atoms with Gasteiger partial charge in [0, 0.05) is 55.4 Å². The fourth-order valence-electron chi connectivity index (χ4n) is 4.38. The highest BCUT2D eigenvalue weighted by Gasteiger charge is 2.34. The standard InChI is InChI=1S/C21H23N9/c1-29-10-16-14(4-5-15(20(16)28-29)17-8-22-12-25-17)18-9-24-21(27-26-18)30-7-6-23-19(11-30)13-2-3-13/h4-5,8-10,12-13,19,23H,2-3,6-7,11H2,1H3,(H,22,25)/t19-/m1/s1. The second-order valence-electron chi connectivity index (χ2n) is 8.18. The molecule has 1 aliphatic heterocycles. The maximum Gasteiger partial charge on any atom is 0.245 e. The van der Waals surface area contributed by atoms with Crippen LogP contribution in [0, 0.1) is 5.92 Å². The van der Waals surface area contributed by atoms with Gasteiger partial charge in [-0.3, -0.25) is 4.68 Å². The van der Waals surface area contributed by atoms with E-state index >= 15 is 0 Å². The Hall–Kier alpha value is -3.33. The Balaban J connectivity index is 1.33. The normalized spacial score (nSPS) is 19.5. The van der Waals surface area contributed by atoms with Crippen LogP contribution in [-0.4, -0.2) is 60.6 Å². The van der Waals surface area contributed by atoms with Crippen LogP contribution in [0.15, 0.2) is 37.1 Å². The summed E-state index contributed by atoms with van der Waals surface area (Å²) in [6.45, 7) is 2.84. The van der Waals surface area contributed by atoms with Gasteiger partial charge >= 0.3 is 0 Å². The van der Waals surface area contributed by atoms with Crippen LogP contribution in [0.25, 0.3) is 33.4 Å². The first kappa shape index (κ1) is 17.5. The van der Waals surface area contributed by atoms with Gasteiger partial charge in [-0.25, -0.2) is 9.97 Å². The minimum Gasteiger partial charge on any atom is -0.345 e. The van der Waals surface area contributed by atoms with Crippen LogP contribution < -0.4 is 10.2 Å². The molecule has 152 valence electrons. The van der Waals surface area contributed by atoms with Gasteiger partial charge in [0.05, 0.1) is 24.4 Å². The van der Waals surface area contributed by atoms with Crippen molar-refractivity contribution in [2.45, 2.75) is 18.9 Å². The molecule has 30 heavy (non-hydrogen) atoms. The summed E-state index contributed by atoms with van der Waals surface area (Å²) in [7, 11) is 1.92. The predicted octanol–water partition coefficient (Wildman–Crippen LogP) is 2.00. The summed E-state index contributed by atoms with van der Waals surface area (Å²) in [6.07, 6.45) is 9.99. The van der Waals surface area contributed by atoms with E-state index in [1.807, 2.05) is 36.4 Å². The van der Waals surface area contributed by atoms with Gasteiger partial charge in [0.25, 0.3) is 0 Å². The van der Waals surface area contributed by atoms with Gasteiger partial charge in [-0.05, 0) is 24.8 Å². The number of nitrogens with zero attached hydrogens (tertiary/aromatic N) is 7. The van der Waals surface area contributed by atoms with Crippen LogP contribution in [0.1, 0.15) is 12.8 Å². The van der Waals surface area contributed by atoms with Crippen molar-refractivity contribution in [3.63, 3.8) is 0 Å². The van der Waals surface area contributed by atoms with E-state index in [-0.39, 0.29) is 0 Å². The monoisotopic (exact) mass is 401 g/mol. The van der Waals surface area contributed by atoms with Crippen molar-refractivity contribution >= 4 is 16.9 Å². The quantitative estimate of drug-likeness (QED) is 0.539. The van der Waals surface area contributed by atoms with Crippen LogP contribution >= 0.6 is 0 Å². The number of rotatable bonds is 4. The molecular formula is C21H23N9. The number of benzene rings is 1. The number of H-pyrrole nitrogens is 1. The molecule has 1 saturated heterocycles. The van der Waals surface area contributed by atoms with Crippen molar-refractivity contribution in [1.82, 2.24) is 40.2 Å². The molecule has 9 heteroatoms. The summed E-state index contributed by atoms with van der Waals surface area (Å²) < 4.78 is 1.82. The highest BCUT2D eigenvalue weighted by Crippen LogP contribution is 2.35. The van der Waals surface area contributed by atoms with E-state index < -0.39 is 0 Å². The molecule has 1 aromatic carbocycles. The molecule has 9 nitrogen and oxygen atoms in total. The lowest BCUT2D eigenvalue weighted by molar-refractivity contribution is 0.414. The number of hydrogen-bond donors (Lipinski definition) is 2. The molecule has 3 aromatic heterocycles. The minimum absolute atomic E-state index is 0.548. The van der Waals surface area contributed by atoms with Crippen LogP contribution in [0.5, 0.6) is 0 Å². The van der Waals surface area contributed by atoms with Crippen molar-refractivity contribution in [1.29, 1.82) is 0 Å². The zero-order chi connectivity index (χ0) is 20.1. The molecule has 0 spiro atoms. The molecule has 0 radical (unpaired) electrons. The van der Waals surface area contributed by atoms with Crippen LogP contribution in [-0.2, 0) is 7.05 Å². The van der Waals surface area contributed by atoms with E-state index in [0.717, 1.165) is 59.0 Å². The summed E-state index contributed by atoms with van der Waals surface area (Å²) in [6, 6.07) is 4.65. The zero-order valence-electron chi connectivity index (χ0n) is 16.8. The summed E-state index contributed by atoms with van der Waals surface area (Å²) in [5, 5.41) is 18.3. The second-order valence-corrected chi connectivity index (χ2v) is 8.18. The number of fused-ring (bicyclic) bond motifs is 1. The topological polar surface area (TPSA) is 100 Å². The summed E-state index contributed by atoms with van der Waals surface area (Å²) in [5.74, 6) is 1.52. The van der Waals surface area contributed by atoms with E-state index in [0.29, 0.717) is 12.0 Å². The van der Waals surface area contributed by atoms with Gasteiger partial charge in [0.15, 0.2) is 0 Å². The van der Waals surface area contributed by atoms with E-state index in [1.54, 1.807) is 6.33 Å². The van der Waals surface area contributed by atoms with Crippen LogP contribution in [0.4, 0.5) is 5.95 Å². The summed E-state index contributed by atoms with van der Waals surface area (Å²) in [5.41, 5.74) is 4.58. The zero-order valence-corrected chi connectivity index (χ0v) is 16.8. The lowest BCUT2D eigenvalue weighted by Crippen LogP contribution is -2.52. The average molecular weight is 401 g/mol. The van der Waals surface area contributed by atoms with E-state index in [9.17, 15) is 0 Å². The fourth-order valence-corrected chi connectivity index (χ4v) is 4.38. The van der Waals surface area contributed by atoms with E-state index in [4.69, 9.17) is 0 Å². The number of imidazole rings is 1. The third kappa shape index (κ3) is 3.02. The number of hydrogen-bond acceptors (Lipinski definition) is 7. The third-order valence-corrected chi connectivity index (χ3v) is 6.08. The minimum atomic E-state index is 0.548. The van der Waals surface area contributed by atoms with Crippen molar-refractivity contribution < 1.29 is 0 Å². The van der Waals surface area contributed by atoms with Gasteiger partial charge in [0.2, 0.25) is 5.95 Å². The lowest BCUT2D eigenvalue weighted by atomic mass is 10.0. The van der Waals surface area contributed by atoms with Crippen molar-refractivity contribution in [3.05, 3.63) is 37.1 Å². The van der Waals surface area contributed by atoms with Gasteiger partial charge in [0.1, 0.15) is 11.2 Å². The average Bonchev–Trinajstić information content (AvgIpc) is 3.34. The van der Waals surface area contributed by atoms with Crippen molar-refractivity contribution in [2.24, 2.45) is 13.0 Å². The first-order valence-electron chi connectivity index (χ1n) is 10.4. The molecule has 2 aliphatic rings. The molecule has 4 heterocycles. The van der Waals surface area contributed by atoms with Gasteiger partial charge in [-0.2, -0.15) is 5.10 Å². The molecule has 1 aliphatic carbocycles. The molecule has 4 aromatic rings. The highest BCUT2D eigenvalue weighted by molar-refractivity contribution is 6.01. The van der Waals surface area contributed by atoms with Crippen LogP contribution in [0.2, 0.25) is 0 Å². The number of aryl methyl sites for hydroxylation is 1. The molecule has 0 unspecified atom stereocenters. The molecule has 2 fully saturated rings. The number of nitrogens with one attached hydrogen (secondary N) is 2. The molecule has 0 bridgehead atoms. The maximum absolute atomic E-state index is 4.66. The Kier molecular flexibility index (Phi) is 4.02. The first-order chi connectivity index (χ1) is 14.8. The Morgan fingerprint density at radius 1 is 1.10 bits per heavy atom. The Labute approximate surface area is 173 Å². The maximum atomic E-state index is 4.66. The smallest absolute Gasteiger partial charge is 0.245 e. The number of anilines is 1. The fraction of sp³-hybridized carbons (Fsp3) is 0.381. The first-order valence-corrected chi connectivity index (χ1v) is 10.4. The van der Waals surface area contributed by atoms with Gasteiger partial charge < -0.3 is 15.2 Å². The van der Waals surface area contributed by atoms with Gasteiger partial charge in [-0.15, -0.1) is 10.2 Å². The summed E-state index contributed by atoms with van der Waals surface area (Å²) in [4.78, 5) is 14.2. The molecule has 0 amide bonds. The van der Waals surface area contributed by atoms with E-state index in [2.05, 4.69) is 46.5 Å². The molecule has 2 N–H and O–H groups in total. The van der Waals surface area contributed by atoms with Crippen LogP contribution in [0.3, 0.4) is 0 Å². The third-order valence-electron chi connectivity index (χ3n) is 6.08. The predicted molar refractivity (Wildman–Crippen MR) is 114 cm³/mol. The number of piperazine rings is 1. The molecule has 6 rings (SSSR count). The van der Waals surface area contributed by atoms with Crippen molar-refractivity contribution in [2.75, 3.05) is 24.5 Å². The van der Waals surface area contributed by atoms with Crippen molar-refractivity contribution in [3.8, 4) is 22.5 Å². The molecule has 1 saturated carbocycles. The highest BCUT2D eigenvalue weighted by atomic mass is 15.3. The summed E-state index contributed by atoms with van der Waals surface area (Å²) >= 11 is 0. The SMILES string of the molecule is Cn1cc2c(-c3cnc(N4CCN[C@@H](C5CC5)C4)nn3)ccc(-c3cnc[nH]3)c2n1. The Morgan fingerprint density at radius 2 is 2.00 bits per heavy atom. The number of aromatic nitrogens is 7.